The molecule has 0 radical (unpaired) electrons. The largest absolute Gasteiger partial charge is 0.497 e. The predicted octanol–water partition coefficient (Wildman–Crippen LogP) is 3.56. The molecular weight excluding hydrogens is 252 g/mol. The van der Waals surface area contributed by atoms with E-state index in [1.165, 1.54) is 5.56 Å². The second kappa shape index (κ2) is 4.89. The summed E-state index contributed by atoms with van der Waals surface area (Å²) in [6.07, 6.45) is 0. The summed E-state index contributed by atoms with van der Waals surface area (Å²) in [7, 11) is 3.29. The van der Waals surface area contributed by atoms with Gasteiger partial charge in [0.25, 0.3) is 0 Å². The minimum Gasteiger partial charge on any atom is -0.497 e. The van der Waals surface area contributed by atoms with Crippen molar-refractivity contribution in [3.63, 3.8) is 0 Å². The van der Waals surface area contributed by atoms with E-state index in [2.05, 4.69) is 41.4 Å². The maximum Gasteiger partial charge on any atom is 0.134 e. The lowest BCUT2D eigenvalue weighted by Crippen LogP contribution is -1.88. The number of nitrogens with one attached hydrogen (secondary N) is 1. The van der Waals surface area contributed by atoms with E-state index in [1.54, 1.807) is 14.2 Å². The number of aromatic nitrogens is 2. The summed E-state index contributed by atoms with van der Waals surface area (Å²) in [6, 6.07) is 12.1. The van der Waals surface area contributed by atoms with Gasteiger partial charge in [0.15, 0.2) is 0 Å². The van der Waals surface area contributed by atoms with Crippen LogP contribution >= 0.6 is 0 Å². The Balaban J connectivity index is 2.24. The van der Waals surface area contributed by atoms with Crippen LogP contribution in [-0.4, -0.2) is 24.4 Å². The van der Waals surface area contributed by atoms with Gasteiger partial charge in [0.1, 0.15) is 17.2 Å². The van der Waals surface area contributed by atoms with Crippen LogP contribution in [0.25, 0.3) is 22.2 Å². The predicted molar refractivity (Wildman–Crippen MR) is 79.4 cm³/mol. The number of hydrogen-bond donors (Lipinski definition) is 1. The summed E-state index contributed by atoms with van der Waals surface area (Å²) in [5, 5.41) is 8.43. The van der Waals surface area contributed by atoms with Crippen LogP contribution in [0.1, 0.15) is 5.56 Å². The number of aryl methyl sites for hydroxylation is 1. The summed E-state index contributed by atoms with van der Waals surface area (Å²) in [5.74, 6) is 1.50. The van der Waals surface area contributed by atoms with Crippen molar-refractivity contribution < 1.29 is 9.47 Å². The second-order valence-corrected chi connectivity index (χ2v) is 4.69. The first kappa shape index (κ1) is 12.5. The number of aromatic amines is 1. The Morgan fingerprint density at radius 1 is 1.00 bits per heavy atom. The molecule has 1 N–H and O–H groups in total. The molecule has 0 atom stereocenters. The highest BCUT2D eigenvalue weighted by Crippen LogP contribution is 2.36. The molecule has 0 aliphatic heterocycles. The van der Waals surface area contributed by atoms with E-state index in [1.807, 2.05) is 12.1 Å². The van der Waals surface area contributed by atoms with Crippen molar-refractivity contribution in [1.82, 2.24) is 10.2 Å². The topological polar surface area (TPSA) is 47.1 Å². The van der Waals surface area contributed by atoms with E-state index in [0.717, 1.165) is 33.7 Å². The minimum absolute atomic E-state index is 0.744. The average Bonchev–Trinajstić information content (AvgIpc) is 2.91. The Bertz CT molecular complexity index is 745. The van der Waals surface area contributed by atoms with Crippen molar-refractivity contribution >= 4 is 10.9 Å². The first-order valence-electron chi connectivity index (χ1n) is 6.40. The number of H-pyrrole nitrogens is 1. The summed E-state index contributed by atoms with van der Waals surface area (Å²) in [5.41, 5.74) is 4.07. The first-order chi connectivity index (χ1) is 9.72. The van der Waals surface area contributed by atoms with E-state index in [9.17, 15) is 0 Å². The summed E-state index contributed by atoms with van der Waals surface area (Å²) >= 11 is 0. The smallest absolute Gasteiger partial charge is 0.134 e. The van der Waals surface area contributed by atoms with Gasteiger partial charge in [0.05, 0.1) is 25.1 Å². The first-order valence-corrected chi connectivity index (χ1v) is 6.40. The van der Waals surface area contributed by atoms with Crippen LogP contribution < -0.4 is 9.47 Å². The fourth-order valence-corrected chi connectivity index (χ4v) is 2.29. The molecule has 3 aromatic rings. The van der Waals surface area contributed by atoms with Crippen molar-refractivity contribution in [2.75, 3.05) is 14.2 Å². The number of rotatable bonds is 3. The van der Waals surface area contributed by atoms with Crippen LogP contribution in [0.5, 0.6) is 11.5 Å². The molecule has 1 aromatic heterocycles. The average molecular weight is 268 g/mol. The molecule has 0 spiro atoms. The van der Waals surface area contributed by atoms with Gasteiger partial charge >= 0.3 is 0 Å². The lowest BCUT2D eigenvalue weighted by Gasteiger charge is -2.07. The molecule has 2 aromatic carbocycles. The van der Waals surface area contributed by atoms with Gasteiger partial charge in [-0.3, -0.25) is 5.10 Å². The van der Waals surface area contributed by atoms with Crippen LogP contribution in [0.15, 0.2) is 36.4 Å². The molecule has 20 heavy (non-hydrogen) atoms. The van der Waals surface area contributed by atoms with Gasteiger partial charge in [0, 0.05) is 17.7 Å². The van der Waals surface area contributed by atoms with E-state index in [0.29, 0.717) is 0 Å². The van der Waals surface area contributed by atoms with Crippen LogP contribution in [0.2, 0.25) is 0 Å². The number of fused-ring (bicyclic) bond motifs is 1. The minimum atomic E-state index is 0.744. The number of nitrogens with zero attached hydrogens (tertiary/aromatic N) is 1. The van der Waals surface area contributed by atoms with Crippen molar-refractivity contribution in [1.29, 1.82) is 0 Å². The van der Waals surface area contributed by atoms with Crippen molar-refractivity contribution in [3.8, 4) is 22.8 Å². The van der Waals surface area contributed by atoms with E-state index in [-0.39, 0.29) is 0 Å². The lowest BCUT2D eigenvalue weighted by molar-refractivity contribution is 0.398. The van der Waals surface area contributed by atoms with Gasteiger partial charge in [-0.05, 0) is 6.92 Å². The Labute approximate surface area is 117 Å². The molecule has 3 rings (SSSR count). The number of benzene rings is 2. The molecule has 4 heteroatoms. The van der Waals surface area contributed by atoms with Crippen molar-refractivity contribution in [3.05, 3.63) is 42.0 Å². The quantitative estimate of drug-likeness (QED) is 0.790. The summed E-state index contributed by atoms with van der Waals surface area (Å²) in [4.78, 5) is 0. The van der Waals surface area contributed by atoms with Crippen LogP contribution in [0.3, 0.4) is 0 Å². The molecule has 0 saturated carbocycles. The molecule has 1 heterocycles. The van der Waals surface area contributed by atoms with Gasteiger partial charge in [-0.25, -0.2) is 0 Å². The molecule has 0 fully saturated rings. The third-order valence-electron chi connectivity index (χ3n) is 3.38. The molecular formula is C16H16N2O2. The normalized spacial score (nSPS) is 10.8. The van der Waals surface area contributed by atoms with Gasteiger partial charge in [-0.15, -0.1) is 0 Å². The highest BCUT2D eigenvalue weighted by atomic mass is 16.5. The Hall–Kier alpha value is -2.49. The third kappa shape index (κ3) is 1.99. The van der Waals surface area contributed by atoms with Crippen molar-refractivity contribution in [2.24, 2.45) is 0 Å². The van der Waals surface area contributed by atoms with Crippen LogP contribution in [0, 0.1) is 6.92 Å². The van der Waals surface area contributed by atoms with Gasteiger partial charge in [-0.1, -0.05) is 29.8 Å². The van der Waals surface area contributed by atoms with Gasteiger partial charge < -0.3 is 9.47 Å². The van der Waals surface area contributed by atoms with E-state index >= 15 is 0 Å². The zero-order valence-corrected chi connectivity index (χ0v) is 11.7. The fraction of sp³-hybridized carbons (Fsp3) is 0.188. The van der Waals surface area contributed by atoms with E-state index < -0.39 is 0 Å². The second-order valence-electron chi connectivity index (χ2n) is 4.69. The van der Waals surface area contributed by atoms with Crippen LogP contribution in [-0.2, 0) is 0 Å². The lowest BCUT2D eigenvalue weighted by atomic mass is 10.1. The zero-order valence-electron chi connectivity index (χ0n) is 11.7. The Morgan fingerprint density at radius 3 is 2.40 bits per heavy atom. The highest BCUT2D eigenvalue weighted by molar-refractivity contribution is 5.98. The number of methoxy groups -OCH3 is 2. The molecule has 4 nitrogen and oxygen atoms in total. The van der Waals surface area contributed by atoms with Crippen LogP contribution in [0.4, 0.5) is 0 Å². The van der Waals surface area contributed by atoms with Gasteiger partial charge in [-0.2, -0.15) is 5.10 Å². The molecule has 0 aliphatic rings. The standard InChI is InChI=1S/C16H16N2O2/c1-10-4-6-11(7-5-10)16-15-13(17-18-16)8-12(19-2)9-14(15)20-3/h4-9H,1-3H3,(H,17,18). The third-order valence-corrected chi connectivity index (χ3v) is 3.38. The Morgan fingerprint density at radius 2 is 1.75 bits per heavy atom. The molecule has 0 saturated heterocycles. The molecule has 0 aliphatic carbocycles. The SMILES string of the molecule is COc1cc(OC)c2c(-c3ccc(C)cc3)n[nH]c2c1. The highest BCUT2D eigenvalue weighted by Gasteiger charge is 2.14. The number of ether oxygens (including phenoxy) is 2. The molecule has 0 bridgehead atoms. The summed E-state index contributed by atoms with van der Waals surface area (Å²) < 4.78 is 10.7. The van der Waals surface area contributed by atoms with E-state index in [4.69, 9.17) is 9.47 Å². The fourth-order valence-electron chi connectivity index (χ4n) is 2.29. The Kier molecular flexibility index (Phi) is 3.06. The maximum atomic E-state index is 5.47. The molecule has 0 unspecified atom stereocenters. The summed E-state index contributed by atoms with van der Waals surface area (Å²) in [6.45, 7) is 2.07. The number of hydrogen-bond acceptors (Lipinski definition) is 3. The monoisotopic (exact) mass is 268 g/mol. The molecule has 102 valence electrons. The molecule has 0 amide bonds. The van der Waals surface area contributed by atoms with Crippen molar-refractivity contribution in [2.45, 2.75) is 6.92 Å². The maximum absolute atomic E-state index is 5.47. The van der Waals surface area contributed by atoms with Gasteiger partial charge in [0.2, 0.25) is 0 Å². The zero-order chi connectivity index (χ0) is 14.1.